The van der Waals surface area contributed by atoms with E-state index < -0.39 is 7.05 Å². The van der Waals surface area contributed by atoms with Crippen LogP contribution in [0.1, 0.15) is 41.0 Å². The van der Waals surface area contributed by atoms with Crippen molar-refractivity contribution in [3.8, 4) is 0 Å². The van der Waals surface area contributed by atoms with Gasteiger partial charge in [-0.25, -0.2) is 0 Å². The molecule has 0 saturated heterocycles. The van der Waals surface area contributed by atoms with Crippen molar-refractivity contribution < 1.29 is 21.7 Å². The van der Waals surface area contributed by atoms with Gasteiger partial charge in [0, 0.05) is 33.8 Å². The third-order valence-corrected chi connectivity index (χ3v) is 7.57. The molecule has 0 N–H and O–H groups in total. The molecule has 0 heterocycles. The molecular formula is C17H30NPTi. The second-order valence-corrected chi connectivity index (χ2v) is 8.77. The molecule has 0 aromatic heterocycles. The number of hydrogen-bond acceptors (Lipinski definition) is 1. The molecule has 20 heavy (non-hydrogen) atoms. The third kappa shape index (κ3) is 8.95. The topological polar surface area (TPSA) is 12.4 Å². The van der Waals surface area contributed by atoms with Crippen molar-refractivity contribution in [3.05, 3.63) is 48.2 Å². The first kappa shape index (κ1) is 22.2. The van der Waals surface area contributed by atoms with Crippen molar-refractivity contribution in [2.45, 2.75) is 41.0 Å². The van der Waals surface area contributed by atoms with E-state index >= 15 is 0 Å². The molecule has 1 nitrogen and oxygen atoms in total. The van der Waals surface area contributed by atoms with Gasteiger partial charge < -0.3 is 0 Å². The van der Waals surface area contributed by atoms with E-state index in [-0.39, 0.29) is 21.7 Å². The summed E-state index contributed by atoms with van der Waals surface area (Å²) in [6.07, 6.45) is 19.3. The van der Waals surface area contributed by atoms with E-state index in [4.69, 9.17) is 4.74 Å². The molecule has 0 saturated carbocycles. The molecule has 0 amide bonds. The smallest absolute Gasteiger partial charge is 0.0425 e. The van der Waals surface area contributed by atoms with Crippen LogP contribution >= 0.6 is 7.05 Å². The first-order valence-electron chi connectivity index (χ1n) is 7.37. The summed E-state index contributed by atoms with van der Waals surface area (Å²) in [5.74, 6) is 0. The Labute approximate surface area is 141 Å². The summed E-state index contributed by atoms with van der Waals surface area (Å²) in [4.78, 5) is 0. The van der Waals surface area contributed by atoms with Crippen LogP contribution in [0.5, 0.6) is 0 Å². The third-order valence-electron chi connectivity index (χ3n) is 3.35. The van der Waals surface area contributed by atoms with E-state index in [1.54, 1.807) is 0 Å². The Morgan fingerprint density at radius 3 is 1.85 bits per heavy atom. The summed E-state index contributed by atoms with van der Waals surface area (Å²) in [6, 6.07) is 0. The van der Waals surface area contributed by atoms with E-state index in [0.29, 0.717) is 0 Å². The number of hydrogen-bond donors (Lipinski definition) is 0. The zero-order valence-corrected chi connectivity index (χ0v) is 16.2. The molecule has 3 heteroatoms. The minimum Gasteiger partial charge on any atom is -0.272 e. The minimum atomic E-state index is -0.971. The van der Waals surface area contributed by atoms with E-state index in [1.807, 2.05) is 38.2 Å². The molecule has 1 rings (SSSR count). The van der Waals surface area contributed by atoms with Crippen LogP contribution in [0, 0.1) is 0 Å². The maximum Gasteiger partial charge on any atom is 0.0425 e. The van der Waals surface area contributed by atoms with Gasteiger partial charge in [0.25, 0.3) is 0 Å². The maximum absolute atomic E-state index is 4.97. The van der Waals surface area contributed by atoms with Crippen LogP contribution in [-0.4, -0.2) is 18.5 Å². The Morgan fingerprint density at radius 2 is 1.55 bits per heavy atom. The summed E-state index contributed by atoms with van der Waals surface area (Å²) < 4.78 is 4.97. The van der Waals surface area contributed by atoms with Gasteiger partial charge in [-0.2, -0.15) is 0 Å². The van der Waals surface area contributed by atoms with Gasteiger partial charge in [0.15, 0.2) is 0 Å². The predicted octanol–water partition coefficient (Wildman–Crippen LogP) is 6.23. The molecule has 112 valence electrons. The number of rotatable bonds is 5. The van der Waals surface area contributed by atoms with Gasteiger partial charge in [-0.1, -0.05) is 57.2 Å². The molecule has 0 unspecified atom stereocenters. The molecule has 0 radical (unpaired) electrons. The molecule has 0 fully saturated rings. The van der Waals surface area contributed by atoms with E-state index in [2.05, 4.69) is 39.0 Å². The Balaban J connectivity index is 0. The standard InChI is InChI=1S/C11H20NP.C6H10.Ti/c1-4-13(5-2,6-3)12-11-9-7-8-10-11;1-3-5-6-4-2;/h7-9H,4-6,10H2,1-3H3;3-6H,1-2H3;. The molecule has 0 bridgehead atoms. The zero-order valence-electron chi connectivity index (χ0n) is 13.8. The summed E-state index contributed by atoms with van der Waals surface area (Å²) in [5, 5.41) is 0. The maximum atomic E-state index is 4.97. The van der Waals surface area contributed by atoms with Crippen molar-refractivity contribution in [3.63, 3.8) is 0 Å². The van der Waals surface area contributed by atoms with Gasteiger partial charge in [0.1, 0.15) is 0 Å². The first-order valence-corrected chi connectivity index (χ1v) is 9.66. The fourth-order valence-electron chi connectivity index (χ4n) is 1.89. The fourth-order valence-corrected chi connectivity index (χ4v) is 4.35. The van der Waals surface area contributed by atoms with Gasteiger partial charge in [-0.15, -0.1) is 0 Å². The summed E-state index contributed by atoms with van der Waals surface area (Å²) in [5.41, 5.74) is 1.30. The average molecular weight is 327 g/mol. The van der Waals surface area contributed by atoms with Gasteiger partial charge >= 0.3 is 0 Å². The summed E-state index contributed by atoms with van der Waals surface area (Å²) >= 11 is 0. The van der Waals surface area contributed by atoms with Crippen LogP contribution in [0.2, 0.25) is 0 Å². The van der Waals surface area contributed by atoms with Crippen molar-refractivity contribution in [1.82, 2.24) is 0 Å². The molecule has 0 aliphatic heterocycles. The van der Waals surface area contributed by atoms with Crippen LogP contribution in [0.3, 0.4) is 0 Å². The monoisotopic (exact) mass is 327 g/mol. The van der Waals surface area contributed by atoms with Crippen LogP contribution in [0.15, 0.2) is 53.0 Å². The molecule has 1 aliphatic carbocycles. The largest absolute Gasteiger partial charge is 0.272 e. The zero-order chi connectivity index (χ0) is 14.6. The molecule has 0 spiro atoms. The van der Waals surface area contributed by atoms with Crippen LogP contribution < -0.4 is 0 Å². The second-order valence-electron chi connectivity index (χ2n) is 4.49. The SMILES string of the molecule is CC=CC=CC.CCP(CC)(CC)=NC1=CC=CC1.[Ti]. The summed E-state index contributed by atoms with van der Waals surface area (Å²) in [6.45, 7) is 10.9. The van der Waals surface area contributed by atoms with Crippen molar-refractivity contribution in [2.24, 2.45) is 4.74 Å². The molecule has 0 atom stereocenters. The number of nitrogens with zero attached hydrogens (tertiary/aromatic N) is 1. The quantitative estimate of drug-likeness (QED) is 0.322. The van der Waals surface area contributed by atoms with Crippen molar-refractivity contribution in [1.29, 1.82) is 0 Å². The Kier molecular flexibility index (Phi) is 15.4. The van der Waals surface area contributed by atoms with Gasteiger partial charge in [0.2, 0.25) is 0 Å². The molecule has 1 aliphatic rings. The fraction of sp³-hybridized carbons (Fsp3) is 0.529. The first-order chi connectivity index (χ1) is 9.17. The van der Waals surface area contributed by atoms with Crippen LogP contribution in [-0.2, 0) is 21.7 Å². The Morgan fingerprint density at radius 1 is 1.05 bits per heavy atom. The van der Waals surface area contributed by atoms with Crippen molar-refractivity contribution in [2.75, 3.05) is 18.5 Å². The summed E-state index contributed by atoms with van der Waals surface area (Å²) in [7, 11) is -0.971. The Hall–Kier alpha value is -0.0957. The minimum absolute atomic E-state index is 0. The second kappa shape index (κ2) is 13.9. The molecule has 0 aromatic carbocycles. The molecule has 0 aromatic rings. The van der Waals surface area contributed by atoms with Crippen LogP contribution in [0.4, 0.5) is 0 Å². The van der Waals surface area contributed by atoms with Gasteiger partial charge in [-0.05, 0) is 45.5 Å². The van der Waals surface area contributed by atoms with Gasteiger partial charge in [0.05, 0.1) is 0 Å². The van der Waals surface area contributed by atoms with E-state index in [1.165, 1.54) is 24.2 Å². The predicted molar refractivity (Wildman–Crippen MR) is 92.4 cm³/mol. The van der Waals surface area contributed by atoms with E-state index in [9.17, 15) is 0 Å². The van der Waals surface area contributed by atoms with Crippen molar-refractivity contribution >= 4 is 7.05 Å². The molecular weight excluding hydrogens is 297 g/mol. The Bertz CT molecular complexity index is 374. The van der Waals surface area contributed by atoms with Gasteiger partial charge in [-0.3, -0.25) is 4.74 Å². The normalized spacial score (nSPS) is 13.9. The van der Waals surface area contributed by atoms with E-state index in [0.717, 1.165) is 6.42 Å². The van der Waals surface area contributed by atoms with Crippen LogP contribution in [0.25, 0.3) is 0 Å². The average Bonchev–Trinajstić information content (AvgIpc) is 2.96. The number of allylic oxidation sites excluding steroid dienone is 7.